The average molecular weight is 384 g/mol. The summed E-state index contributed by atoms with van der Waals surface area (Å²) in [5.41, 5.74) is 5.13. The molecule has 3 aromatic carbocycles. The lowest BCUT2D eigenvalue weighted by Crippen LogP contribution is -2.28. The van der Waals surface area contributed by atoms with Gasteiger partial charge in [0.15, 0.2) is 0 Å². The van der Waals surface area contributed by atoms with Gasteiger partial charge < -0.3 is 15.2 Å². The Kier molecular flexibility index (Phi) is 5.56. The van der Waals surface area contributed by atoms with Crippen LogP contribution in [-0.2, 0) is 26.4 Å². The molecule has 0 saturated heterocycles. The zero-order valence-corrected chi connectivity index (χ0v) is 16.4. The van der Waals surface area contributed by atoms with Gasteiger partial charge in [-0.1, -0.05) is 60.7 Å². The standard InChI is InChI=1S/C24H24N4O/c1-28-22-14-8-7-13-21(22)26-23(28)16-15-19-11-5-6-12-20(19)27-24(29)25-17-18-9-3-2-4-10-18/h2-14H,15-17H2,1H3,(H2,25,27,29). The van der Waals surface area contributed by atoms with Crippen LogP contribution in [0.15, 0.2) is 78.9 Å². The Morgan fingerprint density at radius 1 is 0.897 bits per heavy atom. The van der Waals surface area contributed by atoms with Crippen LogP contribution in [-0.4, -0.2) is 15.6 Å². The van der Waals surface area contributed by atoms with Crippen molar-refractivity contribution in [3.05, 3.63) is 95.8 Å². The maximum absolute atomic E-state index is 12.3. The molecular formula is C24H24N4O. The lowest BCUT2D eigenvalue weighted by atomic mass is 10.1. The first kappa shape index (κ1) is 18.7. The van der Waals surface area contributed by atoms with Gasteiger partial charge in [-0.15, -0.1) is 0 Å². The highest BCUT2D eigenvalue weighted by Gasteiger charge is 2.10. The summed E-state index contributed by atoms with van der Waals surface area (Å²) in [6, 6.07) is 25.7. The molecule has 0 unspecified atom stereocenters. The van der Waals surface area contributed by atoms with E-state index in [2.05, 4.69) is 27.3 Å². The summed E-state index contributed by atoms with van der Waals surface area (Å²) in [5.74, 6) is 1.04. The molecule has 0 saturated carbocycles. The van der Waals surface area contributed by atoms with Crippen molar-refractivity contribution in [3.63, 3.8) is 0 Å². The first-order valence-electron chi connectivity index (χ1n) is 9.78. The van der Waals surface area contributed by atoms with Crippen molar-refractivity contribution in [2.75, 3.05) is 5.32 Å². The van der Waals surface area contributed by atoms with Gasteiger partial charge in [-0.25, -0.2) is 9.78 Å². The molecule has 0 aliphatic heterocycles. The molecule has 1 aromatic heterocycles. The maximum Gasteiger partial charge on any atom is 0.319 e. The van der Waals surface area contributed by atoms with Crippen molar-refractivity contribution < 1.29 is 4.79 Å². The van der Waals surface area contributed by atoms with Gasteiger partial charge in [0.05, 0.1) is 11.0 Å². The fourth-order valence-electron chi connectivity index (χ4n) is 3.47. The predicted molar refractivity (Wildman–Crippen MR) is 117 cm³/mol. The van der Waals surface area contributed by atoms with Gasteiger partial charge in [-0.3, -0.25) is 0 Å². The van der Waals surface area contributed by atoms with Gasteiger partial charge in [0.2, 0.25) is 0 Å². The highest BCUT2D eigenvalue weighted by Crippen LogP contribution is 2.19. The number of hydrogen-bond donors (Lipinski definition) is 2. The first-order chi connectivity index (χ1) is 14.2. The molecule has 0 aliphatic rings. The van der Waals surface area contributed by atoms with E-state index in [1.54, 1.807) is 0 Å². The Morgan fingerprint density at radius 2 is 1.62 bits per heavy atom. The van der Waals surface area contributed by atoms with Crippen LogP contribution < -0.4 is 10.6 Å². The van der Waals surface area contributed by atoms with Crippen LogP contribution in [0, 0.1) is 0 Å². The van der Waals surface area contributed by atoms with E-state index in [9.17, 15) is 4.79 Å². The maximum atomic E-state index is 12.3. The van der Waals surface area contributed by atoms with Crippen LogP contribution >= 0.6 is 0 Å². The van der Waals surface area contributed by atoms with Crippen molar-refractivity contribution >= 4 is 22.8 Å². The van der Waals surface area contributed by atoms with Crippen LogP contribution in [0.2, 0.25) is 0 Å². The van der Waals surface area contributed by atoms with Crippen molar-refractivity contribution in [2.24, 2.45) is 7.05 Å². The Morgan fingerprint density at radius 3 is 2.45 bits per heavy atom. The second-order valence-corrected chi connectivity index (χ2v) is 7.03. The number of aromatic nitrogens is 2. The van der Waals surface area contributed by atoms with Crippen molar-refractivity contribution in [1.29, 1.82) is 0 Å². The summed E-state index contributed by atoms with van der Waals surface area (Å²) in [6.07, 6.45) is 1.60. The van der Waals surface area contributed by atoms with Crippen molar-refractivity contribution in [2.45, 2.75) is 19.4 Å². The third kappa shape index (κ3) is 4.46. The number of para-hydroxylation sites is 3. The van der Waals surface area contributed by atoms with E-state index < -0.39 is 0 Å². The first-order valence-corrected chi connectivity index (χ1v) is 9.78. The summed E-state index contributed by atoms with van der Waals surface area (Å²) < 4.78 is 2.14. The van der Waals surface area contributed by atoms with Crippen LogP contribution in [0.25, 0.3) is 11.0 Å². The van der Waals surface area contributed by atoms with Crippen LogP contribution in [0.3, 0.4) is 0 Å². The van der Waals surface area contributed by atoms with E-state index in [0.717, 1.165) is 46.5 Å². The molecular weight excluding hydrogens is 360 g/mol. The molecule has 4 rings (SSSR count). The van der Waals surface area contributed by atoms with E-state index in [0.29, 0.717) is 6.54 Å². The SMILES string of the molecule is Cn1c(CCc2ccccc2NC(=O)NCc2ccccc2)nc2ccccc21. The minimum Gasteiger partial charge on any atom is -0.334 e. The van der Waals surface area contributed by atoms with Gasteiger partial charge in [-0.05, 0) is 35.7 Å². The lowest BCUT2D eigenvalue weighted by molar-refractivity contribution is 0.251. The van der Waals surface area contributed by atoms with E-state index in [1.165, 1.54) is 0 Å². The predicted octanol–water partition coefficient (Wildman–Crippen LogP) is 4.68. The largest absolute Gasteiger partial charge is 0.334 e. The molecule has 0 atom stereocenters. The minimum absolute atomic E-state index is 0.205. The molecule has 5 nitrogen and oxygen atoms in total. The average Bonchev–Trinajstić information content (AvgIpc) is 3.08. The van der Waals surface area contributed by atoms with Gasteiger partial charge in [-0.2, -0.15) is 0 Å². The fraction of sp³-hybridized carbons (Fsp3) is 0.167. The van der Waals surface area contributed by atoms with Gasteiger partial charge in [0.25, 0.3) is 0 Å². The normalized spacial score (nSPS) is 10.8. The number of urea groups is 1. The highest BCUT2D eigenvalue weighted by atomic mass is 16.2. The number of rotatable bonds is 6. The molecule has 0 aliphatic carbocycles. The van der Waals surface area contributed by atoms with Crippen LogP contribution in [0.5, 0.6) is 0 Å². The number of nitrogens with zero attached hydrogens (tertiary/aromatic N) is 2. The zero-order valence-electron chi connectivity index (χ0n) is 16.4. The number of nitrogens with one attached hydrogen (secondary N) is 2. The topological polar surface area (TPSA) is 59.0 Å². The molecule has 2 amide bonds. The minimum atomic E-state index is -0.205. The number of benzene rings is 3. The lowest BCUT2D eigenvalue weighted by Gasteiger charge is -2.12. The number of aryl methyl sites for hydroxylation is 3. The summed E-state index contributed by atoms with van der Waals surface area (Å²) in [5, 5.41) is 5.89. The monoisotopic (exact) mass is 384 g/mol. The molecule has 0 radical (unpaired) electrons. The summed E-state index contributed by atoms with van der Waals surface area (Å²) in [7, 11) is 2.05. The highest BCUT2D eigenvalue weighted by molar-refractivity contribution is 5.90. The number of hydrogen-bond acceptors (Lipinski definition) is 2. The second kappa shape index (κ2) is 8.61. The molecule has 2 N–H and O–H groups in total. The third-order valence-electron chi connectivity index (χ3n) is 5.06. The summed E-state index contributed by atoms with van der Waals surface area (Å²) in [6.45, 7) is 0.495. The molecule has 0 fully saturated rings. The van der Waals surface area contributed by atoms with E-state index in [4.69, 9.17) is 4.98 Å². The van der Waals surface area contributed by atoms with E-state index in [-0.39, 0.29) is 6.03 Å². The molecule has 0 bridgehead atoms. The smallest absolute Gasteiger partial charge is 0.319 e. The number of fused-ring (bicyclic) bond motifs is 1. The van der Waals surface area contributed by atoms with Gasteiger partial charge in [0, 0.05) is 25.7 Å². The molecule has 29 heavy (non-hydrogen) atoms. The van der Waals surface area contributed by atoms with Crippen molar-refractivity contribution in [3.8, 4) is 0 Å². The summed E-state index contributed by atoms with van der Waals surface area (Å²) in [4.78, 5) is 17.1. The van der Waals surface area contributed by atoms with Crippen LogP contribution in [0.4, 0.5) is 10.5 Å². The second-order valence-electron chi connectivity index (χ2n) is 7.03. The Bertz CT molecular complexity index is 1120. The number of amides is 2. The zero-order chi connectivity index (χ0) is 20.1. The number of carbonyl (C=O) groups excluding carboxylic acids is 1. The Hall–Kier alpha value is -3.60. The molecule has 5 heteroatoms. The van der Waals surface area contributed by atoms with E-state index >= 15 is 0 Å². The van der Waals surface area contributed by atoms with Gasteiger partial charge in [0.1, 0.15) is 5.82 Å². The van der Waals surface area contributed by atoms with Crippen LogP contribution in [0.1, 0.15) is 17.0 Å². The Balaban J connectivity index is 1.41. The number of carbonyl (C=O) groups is 1. The fourth-order valence-corrected chi connectivity index (χ4v) is 3.47. The molecule has 4 aromatic rings. The Labute approximate surface area is 170 Å². The molecule has 146 valence electrons. The third-order valence-corrected chi connectivity index (χ3v) is 5.06. The molecule has 1 heterocycles. The quantitative estimate of drug-likeness (QED) is 0.507. The number of anilines is 1. The van der Waals surface area contributed by atoms with E-state index in [1.807, 2.05) is 73.8 Å². The molecule has 0 spiro atoms. The van der Waals surface area contributed by atoms with Gasteiger partial charge >= 0.3 is 6.03 Å². The van der Waals surface area contributed by atoms with Crippen molar-refractivity contribution in [1.82, 2.24) is 14.9 Å². The summed E-state index contributed by atoms with van der Waals surface area (Å²) >= 11 is 0. The number of imidazole rings is 1.